The van der Waals surface area contributed by atoms with E-state index in [-0.39, 0.29) is 12.2 Å². The molecule has 2 aliphatic rings. The van der Waals surface area contributed by atoms with Gasteiger partial charge in [0.1, 0.15) is 17.9 Å². The van der Waals surface area contributed by atoms with Crippen LogP contribution in [0, 0.1) is 11.8 Å². The molecule has 2 aromatic rings. The molecular formula is C19H30N6O2. The minimum Gasteiger partial charge on any atom is -0.382 e. The van der Waals surface area contributed by atoms with E-state index in [0.29, 0.717) is 29.7 Å². The number of nitrogen functional groups attached to an aromatic ring is 1. The highest BCUT2D eigenvalue weighted by Crippen LogP contribution is 2.48. The third kappa shape index (κ3) is 3.79. The molecule has 4 rings (SSSR count). The predicted octanol–water partition coefficient (Wildman–Crippen LogP) is 1.91. The van der Waals surface area contributed by atoms with Gasteiger partial charge in [0.05, 0.1) is 19.0 Å². The van der Waals surface area contributed by atoms with E-state index in [2.05, 4.69) is 33.8 Å². The number of imidazole rings is 1. The molecular weight excluding hydrogens is 344 g/mol. The molecule has 0 spiro atoms. The summed E-state index contributed by atoms with van der Waals surface area (Å²) < 4.78 is 14.6. The summed E-state index contributed by atoms with van der Waals surface area (Å²) in [6, 6.07) is 0. The lowest BCUT2D eigenvalue weighted by Crippen LogP contribution is -2.31. The van der Waals surface area contributed by atoms with Crippen LogP contribution < -0.4 is 5.73 Å². The Morgan fingerprint density at radius 1 is 1.30 bits per heavy atom. The van der Waals surface area contributed by atoms with E-state index in [1.165, 1.54) is 19.2 Å². The van der Waals surface area contributed by atoms with E-state index in [4.69, 9.17) is 15.2 Å². The van der Waals surface area contributed by atoms with Crippen molar-refractivity contribution in [3.63, 3.8) is 0 Å². The molecule has 0 bridgehead atoms. The third-order valence-electron chi connectivity index (χ3n) is 5.58. The van der Waals surface area contributed by atoms with Crippen molar-refractivity contribution < 1.29 is 9.47 Å². The quantitative estimate of drug-likeness (QED) is 0.791. The fraction of sp³-hybridized carbons (Fsp3) is 0.737. The molecule has 8 nitrogen and oxygen atoms in total. The van der Waals surface area contributed by atoms with Crippen LogP contribution in [0.4, 0.5) is 5.82 Å². The fourth-order valence-electron chi connectivity index (χ4n) is 4.35. The molecule has 148 valence electrons. The van der Waals surface area contributed by atoms with Crippen LogP contribution in [0.3, 0.4) is 0 Å². The topological polar surface area (TPSA) is 91.3 Å². The van der Waals surface area contributed by atoms with E-state index in [0.717, 1.165) is 18.7 Å². The maximum atomic E-state index is 6.31. The van der Waals surface area contributed by atoms with Gasteiger partial charge in [-0.2, -0.15) is 0 Å². The molecule has 4 atom stereocenters. The first-order chi connectivity index (χ1) is 12.9. The first-order valence-electron chi connectivity index (χ1n) is 9.83. The number of nitrogens with two attached hydrogens (primary N) is 1. The van der Waals surface area contributed by atoms with Crippen molar-refractivity contribution in [1.29, 1.82) is 0 Å². The molecule has 0 amide bonds. The normalized spacial score (nSPS) is 29.7. The number of ether oxygens (including phenoxy) is 2. The number of hydrogen-bond donors (Lipinski definition) is 1. The van der Waals surface area contributed by atoms with Crippen LogP contribution in [-0.4, -0.2) is 62.6 Å². The summed E-state index contributed by atoms with van der Waals surface area (Å²) in [7, 11) is 2.20. The van der Waals surface area contributed by atoms with E-state index >= 15 is 0 Å². The molecule has 2 fully saturated rings. The summed E-state index contributed by atoms with van der Waals surface area (Å²) in [5, 5.41) is 0. The zero-order chi connectivity index (χ0) is 19.2. The number of hydrogen-bond acceptors (Lipinski definition) is 7. The van der Waals surface area contributed by atoms with Crippen LogP contribution in [0.1, 0.15) is 33.6 Å². The number of rotatable bonds is 7. The molecule has 0 radical (unpaired) electrons. The molecule has 3 heterocycles. The number of aromatic nitrogens is 4. The number of fused-ring (bicyclic) bond motifs is 1. The SMILES string of the molecule is CCCN(C)C[C@H]1CC1C1OC(C)(C)O[C@@H]1Cn1cnc2c(N)ncnc21. The highest BCUT2D eigenvalue weighted by molar-refractivity contribution is 5.81. The fourth-order valence-corrected chi connectivity index (χ4v) is 4.35. The van der Waals surface area contributed by atoms with Crippen LogP contribution >= 0.6 is 0 Å². The molecule has 2 unspecified atom stereocenters. The molecule has 8 heteroatoms. The smallest absolute Gasteiger partial charge is 0.165 e. The maximum absolute atomic E-state index is 6.31. The Morgan fingerprint density at radius 2 is 2.11 bits per heavy atom. The van der Waals surface area contributed by atoms with Crippen LogP contribution in [0.15, 0.2) is 12.7 Å². The first kappa shape index (κ1) is 18.6. The monoisotopic (exact) mass is 374 g/mol. The molecule has 1 saturated carbocycles. The van der Waals surface area contributed by atoms with Crippen molar-refractivity contribution in [2.24, 2.45) is 11.8 Å². The van der Waals surface area contributed by atoms with Gasteiger partial charge in [-0.3, -0.25) is 0 Å². The van der Waals surface area contributed by atoms with Crippen molar-refractivity contribution in [2.75, 3.05) is 25.9 Å². The summed E-state index contributed by atoms with van der Waals surface area (Å²) in [6.45, 7) is 9.12. The van der Waals surface area contributed by atoms with Crippen molar-refractivity contribution in [1.82, 2.24) is 24.4 Å². The minimum absolute atomic E-state index is 0.0277. The molecule has 1 aliphatic heterocycles. The van der Waals surface area contributed by atoms with Gasteiger partial charge in [0.25, 0.3) is 0 Å². The van der Waals surface area contributed by atoms with Gasteiger partial charge in [-0.25, -0.2) is 15.0 Å². The second-order valence-corrected chi connectivity index (χ2v) is 8.39. The summed E-state index contributed by atoms with van der Waals surface area (Å²) >= 11 is 0. The first-order valence-corrected chi connectivity index (χ1v) is 9.83. The maximum Gasteiger partial charge on any atom is 0.165 e. The highest BCUT2D eigenvalue weighted by atomic mass is 16.8. The van der Waals surface area contributed by atoms with Gasteiger partial charge in [-0.1, -0.05) is 6.92 Å². The third-order valence-corrected chi connectivity index (χ3v) is 5.58. The Balaban J connectivity index is 1.48. The molecule has 27 heavy (non-hydrogen) atoms. The minimum atomic E-state index is -0.567. The van der Waals surface area contributed by atoms with E-state index < -0.39 is 5.79 Å². The van der Waals surface area contributed by atoms with Crippen molar-refractivity contribution >= 4 is 17.0 Å². The van der Waals surface area contributed by atoms with Gasteiger partial charge >= 0.3 is 0 Å². The van der Waals surface area contributed by atoms with Crippen molar-refractivity contribution in [3.05, 3.63) is 12.7 Å². The van der Waals surface area contributed by atoms with Crippen LogP contribution in [0.25, 0.3) is 11.2 Å². The van der Waals surface area contributed by atoms with Crippen molar-refractivity contribution in [2.45, 2.75) is 58.2 Å². The summed E-state index contributed by atoms with van der Waals surface area (Å²) in [5.41, 5.74) is 7.29. The summed E-state index contributed by atoms with van der Waals surface area (Å²) in [4.78, 5) is 15.1. The van der Waals surface area contributed by atoms with Gasteiger partial charge in [0.15, 0.2) is 17.3 Å². The molecule has 2 N–H and O–H groups in total. The van der Waals surface area contributed by atoms with E-state index in [1.807, 2.05) is 18.4 Å². The van der Waals surface area contributed by atoms with Gasteiger partial charge in [-0.05, 0) is 52.1 Å². The predicted molar refractivity (Wildman–Crippen MR) is 103 cm³/mol. The molecule has 1 aliphatic carbocycles. The lowest BCUT2D eigenvalue weighted by molar-refractivity contribution is -0.149. The number of anilines is 1. The molecule has 0 aromatic carbocycles. The Kier molecular flexibility index (Phi) is 4.82. The van der Waals surface area contributed by atoms with E-state index in [1.54, 1.807) is 6.33 Å². The zero-order valence-corrected chi connectivity index (χ0v) is 16.6. The Hall–Kier alpha value is -1.77. The lowest BCUT2D eigenvalue weighted by Gasteiger charge is -2.19. The summed E-state index contributed by atoms with van der Waals surface area (Å²) in [6.07, 6.45) is 5.70. The standard InChI is InChI=1S/C19H30N6O2/c1-5-6-24(4)8-12-7-13(12)16-14(26-19(2,3)27-16)9-25-11-23-15-17(20)21-10-22-18(15)25/h10-14,16H,5-9H2,1-4H3,(H2,20,21,22)/t12-,13?,14-,16?/m1/s1. The highest BCUT2D eigenvalue weighted by Gasteiger charge is 2.53. The second-order valence-electron chi connectivity index (χ2n) is 8.39. The van der Waals surface area contributed by atoms with Crippen LogP contribution in [0.2, 0.25) is 0 Å². The van der Waals surface area contributed by atoms with E-state index in [9.17, 15) is 0 Å². The van der Waals surface area contributed by atoms with Crippen LogP contribution in [-0.2, 0) is 16.0 Å². The lowest BCUT2D eigenvalue weighted by atomic mass is 10.1. The Labute approximate surface area is 160 Å². The average Bonchev–Trinajstić information content (AvgIpc) is 3.10. The van der Waals surface area contributed by atoms with Crippen molar-refractivity contribution in [3.8, 4) is 0 Å². The molecule has 2 aromatic heterocycles. The van der Waals surface area contributed by atoms with Gasteiger partial charge in [0, 0.05) is 6.54 Å². The second kappa shape index (κ2) is 7.00. The Morgan fingerprint density at radius 3 is 2.89 bits per heavy atom. The number of nitrogens with zero attached hydrogens (tertiary/aromatic N) is 5. The average molecular weight is 374 g/mol. The van der Waals surface area contributed by atoms with Gasteiger partial charge in [0.2, 0.25) is 0 Å². The van der Waals surface area contributed by atoms with Gasteiger partial charge in [-0.15, -0.1) is 0 Å². The Bertz CT molecular complexity index is 807. The van der Waals surface area contributed by atoms with Crippen LogP contribution in [0.5, 0.6) is 0 Å². The zero-order valence-electron chi connectivity index (χ0n) is 16.6. The summed E-state index contributed by atoms with van der Waals surface area (Å²) in [5.74, 6) is 1.07. The molecule has 1 saturated heterocycles. The largest absolute Gasteiger partial charge is 0.382 e. The van der Waals surface area contributed by atoms with Gasteiger partial charge < -0.3 is 24.7 Å².